The van der Waals surface area contributed by atoms with Gasteiger partial charge in [-0.25, -0.2) is 0 Å². The van der Waals surface area contributed by atoms with Crippen LogP contribution in [0.15, 0.2) is 0 Å². The van der Waals surface area contributed by atoms with E-state index in [0.29, 0.717) is 13.0 Å². The molecule has 1 heterocycles. The van der Waals surface area contributed by atoms with Crippen molar-refractivity contribution in [1.82, 2.24) is 0 Å². The molecule has 88 valence electrons. The molecular weight excluding hydrogens is 208 g/mol. The van der Waals surface area contributed by atoms with Crippen molar-refractivity contribution in [2.24, 2.45) is 0 Å². The SMILES string of the molecule is CC(C)(C)[Si](C)(C)OC[C@@H]1CC(=O)CO1. The van der Waals surface area contributed by atoms with Crippen LogP contribution in [0, 0.1) is 0 Å². The maximum Gasteiger partial charge on any atom is 0.192 e. The number of carbonyl (C=O) groups excluding carboxylic acids is 1. The molecule has 0 aliphatic carbocycles. The first-order valence-corrected chi connectivity index (χ1v) is 8.40. The largest absolute Gasteiger partial charge is 0.414 e. The van der Waals surface area contributed by atoms with Gasteiger partial charge in [-0.1, -0.05) is 20.8 Å². The standard InChI is InChI=1S/C11H22O3Si/c1-11(2,3)15(4,5)14-8-10-6-9(12)7-13-10/h10H,6-8H2,1-5H3/t10-/m0/s1. The molecule has 1 saturated heterocycles. The van der Waals surface area contributed by atoms with Crippen LogP contribution in [0.25, 0.3) is 0 Å². The van der Waals surface area contributed by atoms with E-state index in [-0.39, 0.29) is 23.5 Å². The van der Waals surface area contributed by atoms with E-state index in [1.165, 1.54) is 0 Å². The number of rotatable bonds is 3. The predicted molar refractivity (Wildman–Crippen MR) is 62.5 cm³/mol. The van der Waals surface area contributed by atoms with Crippen molar-refractivity contribution >= 4 is 14.1 Å². The summed E-state index contributed by atoms with van der Waals surface area (Å²) in [6, 6.07) is 0. The lowest BCUT2D eigenvalue weighted by molar-refractivity contribution is -0.117. The third-order valence-corrected chi connectivity index (χ3v) is 7.87. The average molecular weight is 230 g/mol. The van der Waals surface area contributed by atoms with Gasteiger partial charge in [-0.05, 0) is 18.1 Å². The first-order chi connectivity index (χ1) is 6.72. The number of hydrogen-bond acceptors (Lipinski definition) is 3. The Balaban J connectivity index is 2.40. The Hall–Kier alpha value is -0.193. The lowest BCUT2D eigenvalue weighted by Gasteiger charge is -2.36. The Morgan fingerprint density at radius 2 is 2.07 bits per heavy atom. The topological polar surface area (TPSA) is 35.5 Å². The summed E-state index contributed by atoms with van der Waals surface area (Å²) in [6.45, 7) is 11.9. The van der Waals surface area contributed by atoms with Crippen LogP contribution in [0.3, 0.4) is 0 Å². The summed E-state index contributed by atoms with van der Waals surface area (Å²) in [5.41, 5.74) is 0. The molecule has 0 saturated carbocycles. The second-order valence-corrected chi connectivity index (χ2v) is 10.6. The van der Waals surface area contributed by atoms with Crippen molar-refractivity contribution in [1.29, 1.82) is 0 Å². The Morgan fingerprint density at radius 1 is 1.47 bits per heavy atom. The molecule has 1 atom stereocenters. The van der Waals surface area contributed by atoms with E-state index >= 15 is 0 Å². The Bertz CT molecular complexity index is 243. The van der Waals surface area contributed by atoms with Crippen molar-refractivity contribution in [3.05, 3.63) is 0 Å². The molecule has 4 heteroatoms. The van der Waals surface area contributed by atoms with Crippen LogP contribution >= 0.6 is 0 Å². The van der Waals surface area contributed by atoms with Crippen LogP contribution in [0.1, 0.15) is 27.2 Å². The highest BCUT2D eigenvalue weighted by Gasteiger charge is 2.38. The van der Waals surface area contributed by atoms with Gasteiger partial charge in [0, 0.05) is 6.42 Å². The molecular formula is C11H22O3Si. The summed E-state index contributed by atoms with van der Waals surface area (Å²) < 4.78 is 11.3. The summed E-state index contributed by atoms with van der Waals surface area (Å²) in [4.78, 5) is 11.0. The number of hydrogen-bond donors (Lipinski definition) is 0. The highest BCUT2D eigenvalue weighted by atomic mass is 28.4. The summed E-state index contributed by atoms with van der Waals surface area (Å²) in [7, 11) is -1.69. The smallest absolute Gasteiger partial charge is 0.192 e. The maximum atomic E-state index is 11.0. The number of ether oxygens (including phenoxy) is 1. The predicted octanol–water partition coefficient (Wildman–Crippen LogP) is 2.37. The molecule has 0 spiro atoms. The molecule has 0 aromatic carbocycles. The van der Waals surface area contributed by atoms with Crippen molar-refractivity contribution in [3.8, 4) is 0 Å². The lowest BCUT2D eigenvalue weighted by atomic mass is 10.2. The normalized spacial score (nSPS) is 23.5. The molecule has 0 radical (unpaired) electrons. The zero-order valence-electron chi connectivity index (χ0n) is 10.4. The lowest BCUT2D eigenvalue weighted by Crippen LogP contribution is -2.42. The molecule has 0 aromatic rings. The van der Waals surface area contributed by atoms with E-state index in [0.717, 1.165) is 0 Å². The van der Waals surface area contributed by atoms with Gasteiger partial charge in [-0.15, -0.1) is 0 Å². The van der Waals surface area contributed by atoms with E-state index in [2.05, 4.69) is 33.9 Å². The molecule has 1 aliphatic rings. The van der Waals surface area contributed by atoms with Gasteiger partial charge in [-0.3, -0.25) is 4.79 Å². The van der Waals surface area contributed by atoms with E-state index < -0.39 is 8.32 Å². The van der Waals surface area contributed by atoms with Gasteiger partial charge in [0.1, 0.15) is 6.61 Å². The molecule has 1 fully saturated rings. The van der Waals surface area contributed by atoms with Gasteiger partial charge in [0.15, 0.2) is 14.1 Å². The minimum atomic E-state index is -1.69. The summed E-state index contributed by atoms with van der Waals surface area (Å²) in [5, 5.41) is 0.218. The van der Waals surface area contributed by atoms with Crippen molar-refractivity contribution in [3.63, 3.8) is 0 Å². The van der Waals surface area contributed by atoms with Crippen molar-refractivity contribution in [2.75, 3.05) is 13.2 Å². The molecule has 0 N–H and O–H groups in total. The number of ketones is 1. The fraction of sp³-hybridized carbons (Fsp3) is 0.909. The molecule has 1 rings (SSSR count). The Labute approximate surface area is 93.3 Å². The summed E-state index contributed by atoms with van der Waals surface area (Å²) in [6.07, 6.45) is 0.515. The maximum absolute atomic E-state index is 11.0. The average Bonchev–Trinajstić information content (AvgIpc) is 2.46. The fourth-order valence-corrected chi connectivity index (χ4v) is 2.24. The fourth-order valence-electron chi connectivity index (χ4n) is 1.21. The third kappa shape index (κ3) is 3.40. The van der Waals surface area contributed by atoms with E-state index in [1.807, 2.05) is 0 Å². The van der Waals surface area contributed by atoms with Crippen LogP contribution in [0.5, 0.6) is 0 Å². The molecule has 3 nitrogen and oxygen atoms in total. The van der Waals surface area contributed by atoms with Crippen LogP contribution in [0.2, 0.25) is 18.1 Å². The zero-order valence-corrected chi connectivity index (χ0v) is 11.4. The van der Waals surface area contributed by atoms with Gasteiger partial charge in [0.2, 0.25) is 0 Å². The first-order valence-electron chi connectivity index (χ1n) is 5.49. The molecule has 1 aliphatic heterocycles. The second-order valence-electron chi connectivity index (χ2n) is 5.75. The number of carbonyl (C=O) groups is 1. The van der Waals surface area contributed by atoms with E-state index in [1.54, 1.807) is 0 Å². The van der Waals surface area contributed by atoms with E-state index in [9.17, 15) is 4.79 Å². The van der Waals surface area contributed by atoms with Gasteiger partial charge in [0.25, 0.3) is 0 Å². The second kappa shape index (κ2) is 4.35. The quantitative estimate of drug-likeness (QED) is 0.698. The molecule has 15 heavy (non-hydrogen) atoms. The number of Topliss-reactive ketones (excluding diaryl/α,β-unsaturated/α-hetero) is 1. The summed E-state index contributed by atoms with van der Waals surface area (Å²) >= 11 is 0. The van der Waals surface area contributed by atoms with Crippen molar-refractivity contribution < 1.29 is 14.0 Å². The minimum absolute atomic E-state index is 0.00775. The first kappa shape index (κ1) is 12.9. The third-order valence-electron chi connectivity index (χ3n) is 3.37. The van der Waals surface area contributed by atoms with Crippen LogP contribution < -0.4 is 0 Å². The molecule has 0 amide bonds. The molecule has 0 aromatic heterocycles. The minimum Gasteiger partial charge on any atom is -0.414 e. The highest BCUT2D eigenvalue weighted by molar-refractivity contribution is 6.74. The molecule has 0 unspecified atom stereocenters. The van der Waals surface area contributed by atoms with Crippen LogP contribution in [-0.4, -0.2) is 33.4 Å². The summed E-state index contributed by atoms with van der Waals surface area (Å²) in [5.74, 6) is 0.193. The monoisotopic (exact) mass is 230 g/mol. The Morgan fingerprint density at radius 3 is 2.47 bits per heavy atom. The van der Waals surface area contributed by atoms with E-state index in [4.69, 9.17) is 9.16 Å². The zero-order chi connectivity index (χ0) is 11.7. The van der Waals surface area contributed by atoms with Gasteiger partial charge >= 0.3 is 0 Å². The van der Waals surface area contributed by atoms with Gasteiger partial charge in [0.05, 0.1) is 12.7 Å². The van der Waals surface area contributed by atoms with Crippen LogP contribution in [0.4, 0.5) is 0 Å². The highest BCUT2D eigenvalue weighted by Crippen LogP contribution is 2.36. The van der Waals surface area contributed by atoms with Crippen molar-refractivity contribution in [2.45, 2.75) is 51.4 Å². The Kier molecular flexibility index (Phi) is 3.74. The van der Waals surface area contributed by atoms with Gasteiger partial charge in [-0.2, -0.15) is 0 Å². The van der Waals surface area contributed by atoms with Gasteiger partial charge < -0.3 is 9.16 Å². The molecule has 0 bridgehead atoms. The van der Waals surface area contributed by atoms with Crippen LogP contribution in [-0.2, 0) is 14.0 Å².